The highest BCUT2D eigenvalue weighted by atomic mass is 16.3. The van der Waals surface area contributed by atoms with E-state index in [1.165, 1.54) is 38.2 Å². The third-order valence-electron chi connectivity index (χ3n) is 11.3. The summed E-state index contributed by atoms with van der Waals surface area (Å²) in [4.78, 5) is 11.1. The van der Waals surface area contributed by atoms with Gasteiger partial charge in [-0.15, -0.1) is 0 Å². The minimum absolute atomic E-state index is 0.0408. The van der Waals surface area contributed by atoms with Crippen LogP contribution in [0.5, 0.6) is 0 Å². The topological polar surface area (TPSA) is 42.8 Å². The minimum Gasteiger partial charge on any atom is -0.456 e. The van der Waals surface area contributed by atoms with Crippen LogP contribution in [0.25, 0.3) is 71.3 Å². The lowest BCUT2D eigenvalue weighted by Crippen LogP contribution is -2.26. The summed E-state index contributed by atoms with van der Waals surface area (Å²) in [5.41, 5.74) is 11.5. The molecule has 3 heterocycles. The number of furan rings is 1. The Morgan fingerprint density at radius 3 is 1.95 bits per heavy atom. The maximum atomic E-state index is 6.70. The first kappa shape index (κ1) is 31.5. The Morgan fingerprint density at radius 1 is 0.509 bits per heavy atom. The monoisotopic (exact) mass is 705 g/mol. The van der Waals surface area contributed by atoms with Crippen LogP contribution in [0.15, 0.2) is 196 Å². The number of benzene rings is 8. The molecule has 0 saturated heterocycles. The number of nitrogens with zero attached hydrogens (tertiary/aromatic N) is 3. The van der Waals surface area contributed by atoms with Gasteiger partial charge in [0.05, 0.1) is 28.5 Å². The fourth-order valence-electron chi connectivity index (χ4n) is 8.65. The van der Waals surface area contributed by atoms with Crippen molar-refractivity contribution in [2.24, 2.45) is 15.9 Å². The molecule has 0 fully saturated rings. The van der Waals surface area contributed by atoms with Crippen LogP contribution in [-0.2, 0) is 0 Å². The first-order valence-electron chi connectivity index (χ1n) is 18.9. The molecule has 2 aromatic heterocycles. The van der Waals surface area contributed by atoms with E-state index in [2.05, 4.69) is 181 Å². The molecule has 0 bridgehead atoms. The Morgan fingerprint density at radius 2 is 1.15 bits per heavy atom. The highest BCUT2D eigenvalue weighted by Crippen LogP contribution is 2.41. The summed E-state index contributed by atoms with van der Waals surface area (Å²) in [5.74, 6) is 0.748. The van der Waals surface area contributed by atoms with Crippen LogP contribution in [0, 0.1) is 5.92 Å². The number of amidine groups is 1. The van der Waals surface area contributed by atoms with Crippen LogP contribution in [0.4, 0.5) is 0 Å². The zero-order chi connectivity index (χ0) is 36.5. The smallest absolute Gasteiger partial charge is 0.156 e. The van der Waals surface area contributed by atoms with Crippen LogP contribution in [-0.4, -0.2) is 16.1 Å². The Balaban J connectivity index is 1.18. The number of hydrogen-bond donors (Lipinski definition) is 0. The van der Waals surface area contributed by atoms with E-state index >= 15 is 0 Å². The second-order valence-electron chi connectivity index (χ2n) is 14.6. The molecule has 4 nitrogen and oxygen atoms in total. The van der Waals surface area contributed by atoms with Crippen molar-refractivity contribution in [3.63, 3.8) is 0 Å². The van der Waals surface area contributed by atoms with E-state index < -0.39 is 0 Å². The standard InChI is InChI=1S/C51H35N3O/c1-32-49(35-16-6-3-7-17-35)52-51(53-50(32)36-26-24-34(25-27-36)33-14-4-2-5-15-33)43-30-39(31-47-48(43)41-21-11-13-23-46(41)55-47)54-44-22-12-10-20-40(44)42-28-37-18-8-9-19-38(37)29-45(42)54/h2-32,49H,1H3/t32-,49?/m1/s1. The van der Waals surface area contributed by atoms with Crippen molar-refractivity contribution in [1.82, 2.24) is 4.57 Å². The number of hydrogen-bond acceptors (Lipinski definition) is 3. The average Bonchev–Trinajstić information content (AvgIpc) is 3.78. The van der Waals surface area contributed by atoms with Crippen molar-refractivity contribution in [1.29, 1.82) is 0 Å². The van der Waals surface area contributed by atoms with Crippen LogP contribution in [0.3, 0.4) is 0 Å². The van der Waals surface area contributed by atoms with Gasteiger partial charge in [0.25, 0.3) is 0 Å². The van der Waals surface area contributed by atoms with Crippen LogP contribution in [0.2, 0.25) is 0 Å². The Bertz CT molecular complexity index is 3150. The van der Waals surface area contributed by atoms with Gasteiger partial charge in [0.2, 0.25) is 0 Å². The van der Waals surface area contributed by atoms with E-state index in [0.717, 1.165) is 55.5 Å². The third-order valence-corrected chi connectivity index (χ3v) is 11.3. The molecule has 1 unspecified atom stereocenters. The number of para-hydroxylation sites is 2. The predicted molar refractivity (Wildman–Crippen MR) is 229 cm³/mol. The molecule has 11 rings (SSSR count). The quantitative estimate of drug-likeness (QED) is 0.176. The van der Waals surface area contributed by atoms with Gasteiger partial charge >= 0.3 is 0 Å². The van der Waals surface area contributed by atoms with Crippen LogP contribution < -0.4 is 0 Å². The lowest BCUT2D eigenvalue weighted by atomic mass is 9.85. The molecule has 0 spiro atoms. The number of aromatic nitrogens is 1. The first-order chi connectivity index (χ1) is 27.2. The van der Waals surface area contributed by atoms with Crippen molar-refractivity contribution in [2.45, 2.75) is 13.0 Å². The van der Waals surface area contributed by atoms with Gasteiger partial charge in [-0.1, -0.05) is 153 Å². The number of aliphatic imine (C=N–C) groups is 2. The summed E-state index contributed by atoms with van der Waals surface area (Å²) >= 11 is 0. The minimum atomic E-state index is -0.131. The van der Waals surface area contributed by atoms with Crippen molar-refractivity contribution in [2.75, 3.05) is 0 Å². The molecule has 55 heavy (non-hydrogen) atoms. The summed E-state index contributed by atoms with van der Waals surface area (Å²) in [6, 6.07) is 64.5. The van der Waals surface area contributed by atoms with E-state index in [1.807, 2.05) is 12.1 Å². The first-order valence-corrected chi connectivity index (χ1v) is 18.9. The molecule has 0 N–H and O–H groups in total. The molecule has 8 aromatic carbocycles. The van der Waals surface area contributed by atoms with Gasteiger partial charge in [-0.3, -0.25) is 4.99 Å². The second kappa shape index (κ2) is 12.5. The lowest BCUT2D eigenvalue weighted by Gasteiger charge is -2.28. The van der Waals surface area contributed by atoms with E-state index in [9.17, 15) is 0 Å². The van der Waals surface area contributed by atoms with Gasteiger partial charge in [0.15, 0.2) is 5.84 Å². The summed E-state index contributed by atoms with van der Waals surface area (Å²) in [7, 11) is 0. The molecule has 1 aliphatic heterocycles. The molecule has 10 aromatic rings. The second-order valence-corrected chi connectivity index (χ2v) is 14.6. The fraction of sp³-hybridized carbons (Fsp3) is 0.0588. The highest BCUT2D eigenvalue weighted by Gasteiger charge is 2.31. The Hall–Kier alpha value is -7.04. The Labute approximate surface area is 318 Å². The van der Waals surface area contributed by atoms with Gasteiger partial charge in [-0.2, -0.15) is 0 Å². The zero-order valence-electron chi connectivity index (χ0n) is 30.2. The zero-order valence-corrected chi connectivity index (χ0v) is 30.2. The van der Waals surface area contributed by atoms with Gasteiger partial charge in [0.1, 0.15) is 11.2 Å². The van der Waals surface area contributed by atoms with Crippen LogP contribution in [0.1, 0.15) is 29.7 Å². The molecule has 4 heteroatoms. The van der Waals surface area contributed by atoms with Gasteiger partial charge in [-0.05, 0) is 63.4 Å². The van der Waals surface area contributed by atoms with E-state index in [4.69, 9.17) is 14.4 Å². The normalized spacial score (nSPS) is 15.9. The van der Waals surface area contributed by atoms with Crippen molar-refractivity contribution >= 4 is 66.1 Å². The molecule has 0 saturated carbocycles. The number of fused-ring (bicyclic) bond motifs is 7. The maximum Gasteiger partial charge on any atom is 0.156 e. The summed E-state index contributed by atoms with van der Waals surface area (Å²) in [6.07, 6.45) is 0. The van der Waals surface area contributed by atoms with E-state index in [0.29, 0.717) is 5.84 Å². The molecular formula is C51H35N3O. The van der Waals surface area contributed by atoms with Crippen molar-refractivity contribution < 1.29 is 4.42 Å². The molecule has 0 amide bonds. The van der Waals surface area contributed by atoms with E-state index in [-0.39, 0.29) is 12.0 Å². The predicted octanol–water partition coefficient (Wildman–Crippen LogP) is 13.1. The van der Waals surface area contributed by atoms with Gasteiger partial charge < -0.3 is 8.98 Å². The maximum absolute atomic E-state index is 6.70. The SMILES string of the molecule is C[C@H]1C(c2ccc(-c3ccccc3)cc2)=NC(c2cc(-n3c4ccccc4c4cc5ccccc5cc43)cc3oc4ccccc4c23)=NC1c1ccccc1. The average molecular weight is 706 g/mol. The largest absolute Gasteiger partial charge is 0.456 e. The fourth-order valence-corrected chi connectivity index (χ4v) is 8.65. The molecule has 0 aliphatic carbocycles. The Kier molecular flexibility index (Phi) is 7.17. The van der Waals surface area contributed by atoms with Gasteiger partial charge in [0, 0.05) is 39.1 Å². The van der Waals surface area contributed by atoms with Crippen molar-refractivity contribution in [3.8, 4) is 16.8 Å². The molecular weight excluding hydrogens is 671 g/mol. The molecule has 2 atom stereocenters. The molecule has 0 radical (unpaired) electrons. The van der Waals surface area contributed by atoms with Gasteiger partial charge in [-0.25, -0.2) is 4.99 Å². The summed E-state index contributed by atoms with van der Waals surface area (Å²) in [5, 5.41) is 6.92. The van der Waals surface area contributed by atoms with E-state index in [1.54, 1.807) is 0 Å². The molecule has 1 aliphatic rings. The third kappa shape index (κ3) is 5.14. The summed E-state index contributed by atoms with van der Waals surface area (Å²) in [6.45, 7) is 2.25. The number of rotatable bonds is 5. The lowest BCUT2D eigenvalue weighted by molar-refractivity contribution is 0.592. The highest BCUT2D eigenvalue weighted by molar-refractivity contribution is 6.23. The van der Waals surface area contributed by atoms with Crippen molar-refractivity contribution in [3.05, 3.63) is 199 Å². The summed E-state index contributed by atoms with van der Waals surface area (Å²) < 4.78 is 9.08. The molecule has 260 valence electrons. The van der Waals surface area contributed by atoms with Crippen LogP contribution >= 0.6 is 0 Å².